The van der Waals surface area contributed by atoms with Crippen LogP contribution in [-0.4, -0.2) is 24.2 Å². The van der Waals surface area contributed by atoms with Gasteiger partial charge in [-0.3, -0.25) is 4.79 Å². The highest BCUT2D eigenvalue weighted by molar-refractivity contribution is 5.99. The number of para-hydroxylation sites is 1. The van der Waals surface area contributed by atoms with Crippen LogP contribution in [0.1, 0.15) is 21.5 Å². The zero-order chi connectivity index (χ0) is 15.2. The smallest absolute Gasteiger partial charge is 0.275 e. The Morgan fingerprint density at radius 1 is 1.24 bits per heavy atom. The van der Waals surface area contributed by atoms with Crippen LogP contribution in [-0.2, 0) is 0 Å². The second kappa shape index (κ2) is 6.35. The number of nitriles is 1. The lowest BCUT2D eigenvalue weighted by molar-refractivity contribution is 0.0801. The maximum absolute atomic E-state index is 12.2. The number of nitrogen functional groups attached to an aromatic ring is 1. The minimum atomic E-state index is -0.280. The van der Waals surface area contributed by atoms with Crippen LogP contribution in [0.5, 0.6) is 0 Å². The standard InChI is InChI=1S/C16H14N4O/c1-20(16(21)14-4-2-3-5-15(14)18)19-11-13-8-6-12(10-17)7-9-13/h2-9,11H,18H2,1H3/b19-11+. The van der Waals surface area contributed by atoms with E-state index in [1.807, 2.05) is 6.07 Å². The van der Waals surface area contributed by atoms with Crippen molar-refractivity contribution in [2.75, 3.05) is 12.8 Å². The zero-order valence-corrected chi connectivity index (χ0v) is 11.5. The maximum Gasteiger partial charge on any atom is 0.275 e. The van der Waals surface area contributed by atoms with E-state index in [-0.39, 0.29) is 5.91 Å². The summed E-state index contributed by atoms with van der Waals surface area (Å²) in [7, 11) is 1.56. The molecule has 2 N–H and O–H groups in total. The van der Waals surface area contributed by atoms with Gasteiger partial charge >= 0.3 is 0 Å². The number of anilines is 1. The van der Waals surface area contributed by atoms with Crippen molar-refractivity contribution in [2.24, 2.45) is 5.10 Å². The summed E-state index contributed by atoms with van der Waals surface area (Å²) in [4.78, 5) is 12.2. The summed E-state index contributed by atoms with van der Waals surface area (Å²) in [6, 6.07) is 15.8. The summed E-state index contributed by atoms with van der Waals surface area (Å²) in [6.07, 6.45) is 1.55. The minimum Gasteiger partial charge on any atom is -0.398 e. The Morgan fingerprint density at radius 3 is 2.52 bits per heavy atom. The number of carbonyl (C=O) groups excluding carboxylic acids is 1. The Hall–Kier alpha value is -3.13. The van der Waals surface area contributed by atoms with Crippen molar-refractivity contribution in [1.82, 2.24) is 5.01 Å². The Labute approximate surface area is 122 Å². The van der Waals surface area contributed by atoms with E-state index in [9.17, 15) is 4.79 Å². The van der Waals surface area contributed by atoms with E-state index in [1.54, 1.807) is 61.8 Å². The lowest BCUT2D eigenvalue weighted by Crippen LogP contribution is -2.22. The van der Waals surface area contributed by atoms with Gasteiger partial charge < -0.3 is 5.73 Å². The summed E-state index contributed by atoms with van der Waals surface area (Å²) in [5, 5.41) is 14.0. The third kappa shape index (κ3) is 3.45. The van der Waals surface area contributed by atoms with E-state index in [0.717, 1.165) is 5.56 Å². The SMILES string of the molecule is CN(/N=C/c1ccc(C#N)cc1)C(=O)c1ccccc1N. The summed E-state index contributed by atoms with van der Waals surface area (Å²) in [5.74, 6) is -0.280. The summed E-state index contributed by atoms with van der Waals surface area (Å²) in [5.41, 5.74) is 7.98. The molecule has 21 heavy (non-hydrogen) atoms. The molecule has 0 fully saturated rings. The second-order valence-electron chi connectivity index (χ2n) is 4.39. The molecule has 0 spiro atoms. The molecule has 0 aliphatic carbocycles. The van der Waals surface area contributed by atoms with Crippen molar-refractivity contribution in [3.63, 3.8) is 0 Å². The third-order valence-corrected chi connectivity index (χ3v) is 2.90. The number of hydrogen-bond donors (Lipinski definition) is 1. The number of benzene rings is 2. The van der Waals surface area contributed by atoms with Crippen molar-refractivity contribution in [2.45, 2.75) is 0 Å². The molecule has 2 aromatic rings. The minimum absolute atomic E-state index is 0.280. The first-order valence-electron chi connectivity index (χ1n) is 6.28. The van der Waals surface area contributed by atoms with Crippen LogP contribution in [0.25, 0.3) is 0 Å². The van der Waals surface area contributed by atoms with Crippen molar-refractivity contribution in [3.05, 3.63) is 65.2 Å². The number of amides is 1. The topological polar surface area (TPSA) is 82.5 Å². The molecular formula is C16H14N4O. The lowest BCUT2D eigenvalue weighted by atomic mass is 10.1. The molecule has 0 bridgehead atoms. The molecule has 0 saturated heterocycles. The maximum atomic E-state index is 12.2. The molecule has 0 aromatic heterocycles. The molecule has 0 radical (unpaired) electrons. The summed E-state index contributed by atoms with van der Waals surface area (Å²) in [6.45, 7) is 0. The van der Waals surface area contributed by atoms with E-state index in [1.165, 1.54) is 5.01 Å². The Kier molecular flexibility index (Phi) is 4.32. The molecule has 1 amide bonds. The quantitative estimate of drug-likeness (QED) is 0.531. The fraction of sp³-hybridized carbons (Fsp3) is 0.0625. The van der Waals surface area contributed by atoms with Crippen LogP contribution in [0.2, 0.25) is 0 Å². The molecule has 2 aromatic carbocycles. The van der Waals surface area contributed by atoms with Crippen LogP contribution in [0.3, 0.4) is 0 Å². The molecule has 5 nitrogen and oxygen atoms in total. The van der Waals surface area contributed by atoms with Gasteiger partial charge in [-0.15, -0.1) is 0 Å². The van der Waals surface area contributed by atoms with Gasteiger partial charge in [0.2, 0.25) is 0 Å². The van der Waals surface area contributed by atoms with Crippen LogP contribution in [0, 0.1) is 11.3 Å². The third-order valence-electron chi connectivity index (χ3n) is 2.90. The molecule has 104 valence electrons. The number of hydrazone groups is 1. The van der Waals surface area contributed by atoms with Crippen molar-refractivity contribution >= 4 is 17.8 Å². The lowest BCUT2D eigenvalue weighted by Gasteiger charge is -2.12. The van der Waals surface area contributed by atoms with Crippen molar-refractivity contribution in [3.8, 4) is 6.07 Å². The van der Waals surface area contributed by atoms with E-state index in [0.29, 0.717) is 16.8 Å². The molecule has 0 heterocycles. The number of nitrogens with zero attached hydrogens (tertiary/aromatic N) is 3. The molecule has 0 aliphatic heterocycles. The van der Waals surface area contributed by atoms with Crippen LogP contribution in [0.15, 0.2) is 53.6 Å². The van der Waals surface area contributed by atoms with Gasteiger partial charge in [-0.25, -0.2) is 5.01 Å². The molecular weight excluding hydrogens is 264 g/mol. The van der Waals surface area contributed by atoms with Gasteiger partial charge in [0.1, 0.15) is 0 Å². The van der Waals surface area contributed by atoms with Crippen LogP contribution < -0.4 is 5.73 Å². The molecule has 0 unspecified atom stereocenters. The van der Waals surface area contributed by atoms with Crippen LogP contribution >= 0.6 is 0 Å². The van der Waals surface area contributed by atoms with E-state index in [4.69, 9.17) is 11.0 Å². The number of hydrogen-bond acceptors (Lipinski definition) is 4. The Balaban J connectivity index is 2.11. The molecule has 2 rings (SSSR count). The monoisotopic (exact) mass is 278 g/mol. The van der Waals surface area contributed by atoms with Gasteiger partial charge in [0, 0.05) is 12.7 Å². The van der Waals surface area contributed by atoms with Crippen molar-refractivity contribution < 1.29 is 4.79 Å². The fourth-order valence-electron chi connectivity index (χ4n) is 1.72. The average molecular weight is 278 g/mol. The summed E-state index contributed by atoms with van der Waals surface area (Å²) < 4.78 is 0. The van der Waals surface area contributed by atoms with Crippen LogP contribution in [0.4, 0.5) is 5.69 Å². The highest BCUT2D eigenvalue weighted by Gasteiger charge is 2.12. The highest BCUT2D eigenvalue weighted by atomic mass is 16.2. The predicted octanol–water partition coefficient (Wildman–Crippen LogP) is 2.25. The van der Waals surface area contributed by atoms with Gasteiger partial charge in [-0.2, -0.15) is 10.4 Å². The number of rotatable bonds is 3. The van der Waals surface area contributed by atoms with Gasteiger partial charge in [0.15, 0.2) is 0 Å². The molecule has 0 saturated carbocycles. The van der Waals surface area contributed by atoms with Gasteiger partial charge in [0.05, 0.1) is 23.4 Å². The highest BCUT2D eigenvalue weighted by Crippen LogP contribution is 2.13. The van der Waals surface area contributed by atoms with Gasteiger partial charge in [-0.05, 0) is 29.8 Å². The molecule has 0 atom stereocenters. The normalized spacial score (nSPS) is 10.3. The molecule has 0 aliphatic rings. The van der Waals surface area contributed by atoms with Crippen molar-refractivity contribution in [1.29, 1.82) is 5.26 Å². The van der Waals surface area contributed by atoms with E-state index in [2.05, 4.69) is 5.10 Å². The van der Waals surface area contributed by atoms with E-state index < -0.39 is 0 Å². The number of nitrogens with two attached hydrogens (primary N) is 1. The van der Waals surface area contributed by atoms with Gasteiger partial charge in [0.25, 0.3) is 5.91 Å². The van der Waals surface area contributed by atoms with Gasteiger partial charge in [-0.1, -0.05) is 24.3 Å². The fourth-order valence-corrected chi connectivity index (χ4v) is 1.72. The first-order chi connectivity index (χ1) is 10.1. The second-order valence-corrected chi connectivity index (χ2v) is 4.39. The summed E-state index contributed by atoms with van der Waals surface area (Å²) >= 11 is 0. The zero-order valence-electron chi connectivity index (χ0n) is 11.5. The first-order valence-corrected chi connectivity index (χ1v) is 6.28. The Morgan fingerprint density at radius 2 is 1.90 bits per heavy atom. The first kappa shape index (κ1) is 14.3. The largest absolute Gasteiger partial charge is 0.398 e. The van der Waals surface area contributed by atoms with E-state index >= 15 is 0 Å². The molecule has 5 heteroatoms. The predicted molar refractivity (Wildman–Crippen MR) is 81.7 cm³/mol. The average Bonchev–Trinajstić information content (AvgIpc) is 2.53. The Bertz CT molecular complexity index is 714. The number of carbonyl (C=O) groups is 1.